The van der Waals surface area contributed by atoms with Crippen LogP contribution in [-0.2, 0) is 4.74 Å². The van der Waals surface area contributed by atoms with Gasteiger partial charge in [0.05, 0.1) is 6.61 Å². The molecule has 4 heteroatoms. The highest BCUT2D eigenvalue weighted by Crippen LogP contribution is 2.28. The van der Waals surface area contributed by atoms with Gasteiger partial charge in [-0.1, -0.05) is 19.8 Å². The first-order valence-electron chi connectivity index (χ1n) is 7.27. The normalized spacial score (nSPS) is 24.9. The minimum absolute atomic E-state index is 0.714. The van der Waals surface area contributed by atoms with E-state index in [0.29, 0.717) is 6.61 Å². The maximum absolute atomic E-state index is 5.03. The number of ether oxygens (including phenoxy) is 1. The van der Waals surface area contributed by atoms with Crippen LogP contribution in [0.1, 0.15) is 39.5 Å². The van der Waals surface area contributed by atoms with Crippen molar-refractivity contribution in [3.63, 3.8) is 0 Å². The zero-order chi connectivity index (χ0) is 13.2. The first kappa shape index (κ1) is 15.3. The Morgan fingerprint density at radius 2 is 1.94 bits per heavy atom. The summed E-state index contributed by atoms with van der Waals surface area (Å²) in [4.78, 5) is 4.67. The molecule has 0 radical (unpaired) electrons. The van der Waals surface area contributed by atoms with Crippen LogP contribution in [0.15, 0.2) is 4.99 Å². The third kappa shape index (κ3) is 6.24. The van der Waals surface area contributed by atoms with Crippen molar-refractivity contribution in [3.05, 3.63) is 0 Å². The molecule has 4 nitrogen and oxygen atoms in total. The Labute approximate surface area is 112 Å². The quantitative estimate of drug-likeness (QED) is 0.433. The lowest BCUT2D eigenvalue weighted by Gasteiger charge is -2.25. The number of hydrogen-bond donors (Lipinski definition) is 2. The van der Waals surface area contributed by atoms with Crippen molar-refractivity contribution in [2.75, 3.05) is 33.4 Å². The monoisotopic (exact) mass is 255 g/mol. The molecule has 0 atom stereocenters. The number of guanidine groups is 1. The Morgan fingerprint density at radius 1 is 1.22 bits per heavy atom. The largest absolute Gasteiger partial charge is 0.383 e. The fraction of sp³-hybridized carbons (Fsp3) is 0.929. The second kappa shape index (κ2) is 9.20. The molecule has 0 aromatic rings. The summed E-state index contributed by atoms with van der Waals surface area (Å²) >= 11 is 0. The van der Waals surface area contributed by atoms with Crippen LogP contribution in [0.2, 0.25) is 0 Å². The number of nitrogens with zero attached hydrogens (tertiary/aromatic N) is 1. The minimum atomic E-state index is 0.714. The summed E-state index contributed by atoms with van der Waals surface area (Å²) < 4.78 is 5.03. The average molecular weight is 255 g/mol. The van der Waals surface area contributed by atoms with Crippen molar-refractivity contribution in [1.29, 1.82) is 0 Å². The fourth-order valence-corrected chi connectivity index (χ4v) is 2.35. The van der Waals surface area contributed by atoms with Gasteiger partial charge < -0.3 is 15.4 Å². The van der Waals surface area contributed by atoms with E-state index in [0.717, 1.165) is 37.4 Å². The van der Waals surface area contributed by atoms with E-state index < -0.39 is 0 Å². The number of methoxy groups -OCH3 is 1. The van der Waals surface area contributed by atoms with Crippen molar-refractivity contribution in [1.82, 2.24) is 10.6 Å². The summed E-state index contributed by atoms with van der Waals surface area (Å²) in [6, 6.07) is 0. The minimum Gasteiger partial charge on any atom is -0.383 e. The molecule has 1 aliphatic carbocycles. The summed E-state index contributed by atoms with van der Waals surface area (Å²) in [5.74, 6) is 2.62. The Hall–Kier alpha value is -0.770. The van der Waals surface area contributed by atoms with Crippen LogP contribution in [-0.4, -0.2) is 39.3 Å². The smallest absolute Gasteiger partial charge is 0.191 e. The third-order valence-electron chi connectivity index (χ3n) is 3.59. The maximum Gasteiger partial charge on any atom is 0.191 e. The lowest BCUT2D eigenvalue weighted by Crippen LogP contribution is -2.39. The van der Waals surface area contributed by atoms with Gasteiger partial charge in [-0.25, -0.2) is 0 Å². The van der Waals surface area contributed by atoms with Crippen LogP contribution in [0.4, 0.5) is 0 Å². The van der Waals surface area contributed by atoms with Crippen molar-refractivity contribution >= 4 is 5.96 Å². The third-order valence-corrected chi connectivity index (χ3v) is 3.59. The molecule has 0 aliphatic heterocycles. The van der Waals surface area contributed by atoms with Gasteiger partial charge in [-0.15, -0.1) is 0 Å². The number of nitrogens with one attached hydrogen (secondary N) is 2. The molecule has 0 aromatic heterocycles. The molecule has 0 saturated heterocycles. The van der Waals surface area contributed by atoms with Gasteiger partial charge in [0.25, 0.3) is 0 Å². The van der Waals surface area contributed by atoms with E-state index in [9.17, 15) is 0 Å². The molecular weight excluding hydrogens is 226 g/mol. The van der Waals surface area contributed by atoms with E-state index in [1.54, 1.807) is 7.11 Å². The van der Waals surface area contributed by atoms with Crippen LogP contribution in [0.25, 0.3) is 0 Å². The molecule has 106 valence electrons. The van der Waals surface area contributed by atoms with Crippen molar-refractivity contribution in [2.24, 2.45) is 16.8 Å². The maximum atomic E-state index is 5.03. The van der Waals surface area contributed by atoms with Gasteiger partial charge in [0, 0.05) is 26.7 Å². The van der Waals surface area contributed by atoms with Crippen LogP contribution in [0.5, 0.6) is 0 Å². The van der Waals surface area contributed by atoms with Gasteiger partial charge in [-0.05, 0) is 31.6 Å². The average Bonchev–Trinajstić information content (AvgIpc) is 2.38. The van der Waals surface area contributed by atoms with Gasteiger partial charge in [0.1, 0.15) is 0 Å². The Kier molecular flexibility index (Phi) is 7.81. The fourth-order valence-electron chi connectivity index (χ4n) is 2.35. The van der Waals surface area contributed by atoms with Gasteiger partial charge in [0.2, 0.25) is 0 Å². The van der Waals surface area contributed by atoms with Crippen molar-refractivity contribution in [3.8, 4) is 0 Å². The Bertz CT molecular complexity index is 235. The molecule has 1 rings (SSSR count). The standard InChI is InChI=1S/C14H29N3O/c1-4-15-14(16-9-10-18-3)17-11-13-7-5-12(2)6-8-13/h12-13H,4-11H2,1-3H3,(H2,15,16,17). The molecule has 1 fully saturated rings. The molecule has 0 amide bonds. The second-order valence-electron chi connectivity index (χ2n) is 5.27. The molecule has 1 saturated carbocycles. The molecule has 0 aromatic carbocycles. The zero-order valence-corrected chi connectivity index (χ0v) is 12.2. The Balaban J connectivity index is 2.29. The molecule has 2 N–H and O–H groups in total. The first-order chi connectivity index (χ1) is 8.76. The van der Waals surface area contributed by atoms with Crippen LogP contribution in [0, 0.1) is 11.8 Å². The van der Waals surface area contributed by atoms with E-state index in [-0.39, 0.29) is 0 Å². The van der Waals surface area contributed by atoms with Gasteiger partial charge >= 0.3 is 0 Å². The van der Waals surface area contributed by atoms with Gasteiger partial charge in [0.15, 0.2) is 5.96 Å². The van der Waals surface area contributed by atoms with Crippen molar-refractivity contribution in [2.45, 2.75) is 39.5 Å². The lowest BCUT2D eigenvalue weighted by molar-refractivity contribution is 0.203. The highest BCUT2D eigenvalue weighted by molar-refractivity contribution is 5.79. The van der Waals surface area contributed by atoms with E-state index in [4.69, 9.17) is 4.74 Å². The highest BCUT2D eigenvalue weighted by atomic mass is 16.5. The predicted octanol–water partition coefficient (Wildman–Crippen LogP) is 2.01. The van der Waals surface area contributed by atoms with Crippen molar-refractivity contribution < 1.29 is 4.74 Å². The molecule has 1 aliphatic rings. The SMILES string of the molecule is CCNC(=NCC1CCC(C)CC1)NCCOC. The van der Waals surface area contributed by atoms with E-state index in [1.165, 1.54) is 25.7 Å². The number of aliphatic imine (C=N–C) groups is 1. The van der Waals surface area contributed by atoms with E-state index >= 15 is 0 Å². The zero-order valence-electron chi connectivity index (χ0n) is 12.2. The van der Waals surface area contributed by atoms with Crippen LogP contribution >= 0.6 is 0 Å². The van der Waals surface area contributed by atoms with E-state index in [1.807, 2.05) is 0 Å². The molecule has 0 bridgehead atoms. The topological polar surface area (TPSA) is 45.7 Å². The van der Waals surface area contributed by atoms with E-state index in [2.05, 4.69) is 29.5 Å². The molecule has 0 spiro atoms. The first-order valence-corrected chi connectivity index (χ1v) is 7.27. The molecular formula is C14H29N3O. The molecule has 18 heavy (non-hydrogen) atoms. The predicted molar refractivity (Wildman–Crippen MR) is 77.0 cm³/mol. The summed E-state index contributed by atoms with van der Waals surface area (Å²) in [7, 11) is 1.72. The second-order valence-corrected chi connectivity index (χ2v) is 5.27. The summed E-state index contributed by atoms with van der Waals surface area (Å²) in [5.41, 5.74) is 0. The van der Waals surface area contributed by atoms with Crippen LogP contribution < -0.4 is 10.6 Å². The highest BCUT2D eigenvalue weighted by Gasteiger charge is 2.17. The summed E-state index contributed by atoms with van der Waals surface area (Å²) in [6.07, 6.45) is 5.41. The Morgan fingerprint density at radius 3 is 2.56 bits per heavy atom. The number of rotatable bonds is 6. The molecule has 0 heterocycles. The summed E-state index contributed by atoms with van der Waals surface area (Å²) in [6.45, 7) is 7.83. The van der Waals surface area contributed by atoms with Crippen LogP contribution in [0.3, 0.4) is 0 Å². The van der Waals surface area contributed by atoms with Gasteiger partial charge in [-0.2, -0.15) is 0 Å². The van der Waals surface area contributed by atoms with Gasteiger partial charge in [-0.3, -0.25) is 4.99 Å². The summed E-state index contributed by atoms with van der Waals surface area (Å²) in [5, 5.41) is 6.56. The molecule has 0 unspecified atom stereocenters. The lowest BCUT2D eigenvalue weighted by atomic mass is 9.83. The number of hydrogen-bond acceptors (Lipinski definition) is 2.